The molecule has 0 saturated heterocycles. The second kappa shape index (κ2) is 3.55. The Labute approximate surface area is 49.4 Å². The second-order valence-electron chi connectivity index (χ2n) is 2.08. The molecule has 0 heterocycles. The van der Waals surface area contributed by atoms with E-state index in [1.807, 2.05) is 13.8 Å². The molecule has 0 rings (SSSR count). The van der Waals surface area contributed by atoms with Crippen LogP contribution in [0.15, 0.2) is 5.18 Å². The highest BCUT2D eigenvalue weighted by Crippen LogP contribution is 1.99. The standard InChI is InChI=1S/C5H12N2O/c1-4(2)5(6-3)7-8/h4-6H,1-3H3/t5-/m1/s1. The molecule has 3 nitrogen and oxygen atoms in total. The first kappa shape index (κ1) is 7.56. The Morgan fingerprint density at radius 2 is 2.00 bits per heavy atom. The molecule has 0 amide bonds. The molecule has 0 aromatic carbocycles. The Balaban J connectivity index is 3.51. The maximum absolute atomic E-state index is 9.87. The molecule has 8 heavy (non-hydrogen) atoms. The minimum Gasteiger partial charge on any atom is -0.296 e. The SMILES string of the molecule is CN[C@H](N=O)C(C)C. The lowest BCUT2D eigenvalue weighted by Crippen LogP contribution is -2.27. The van der Waals surface area contributed by atoms with Crippen LogP contribution < -0.4 is 5.32 Å². The molecule has 0 saturated carbocycles. The summed E-state index contributed by atoms with van der Waals surface area (Å²) in [7, 11) is 1.73. The van der Waals surface area contributed by atoms with E-state index < -0.39 is 0 Å². The molecule has 0 spiro atoms. The van der Waals surface area contributed by atoms with Gasteiger partial charge < -0.3 is 0 Å². The number of nitroso groups, excluding NO2 is 1. The van der Waals surface area contributed by atoms with Crippen molar-refractivity contribution >= 4 is 0 Å². The quantitative estimate of drug-likeness (QED) is 0.558. The molecule has 0 aliphatic rings. The summed E-state index contributed by atoms with van der Waals surface area (Å²) < 4.78 is 0. The predicted molar refractivity (Wildman–Crippen MR) is 33.5 cm³/mol. The topological polar surface area (TPSA) is 41.5 Å². The maximum Gasteiger partial charge on any atom is 0.144 e. The van der Waals surface area contributed by atoms with Gasteiger partial charge in [-0.05, 0) is 13.0 Å². The van der Waals surface area contributed by atoms with Crippen molar-refractivity contribution in [3.63, 3.8) is 0 Å². The average Bonchev–Trinajstić information content (AvgIpc) is 1.69. The zero-order valence-electron chi connectivity index (χ0n) is 5.51. The Hall–Kier alpha value is -0.440. The molecule has 0 aliphatic heterocycles. The van der Waals surface area contributed by atoms with E-state index in [2.05, 4.69) is 10.5 Å². The first-order valence-electron chi connectivity index (χ1n) is 2.72. The van der Waals surface area contributed by atoms with Crippen molar-refractivity contribution in [2.45, 2.75) is 20.0 Å². The minimum atomic E-state index is -0.227. The third-order valence-electron chi connectivity index (χ3n) is 1.04. The number of hydrogen-bond donors (Lipinski definition) is 1. The van der Waals surface area contributed by atoms with E-state index in [0.717, 1.165) is 0 Å². The monoisotopic (exact) mass is 116 g/mol. The molecule has 0 aromatic heterocycles. The van der Waals surface area contributed by atoms with Crippen molar-refractivity contribution in [2.75, 3.05) is 7.05 Å². The Kier molecular flexibility index (Phi) is 3.35. The van der Waals surface area contributed by atoms with Crippen molar-refractivity contribution in [3.8, 4) is 0 Å². The van der Waals surface area contributed by atoms with Crippen molar-refractivity contribution < 1.29 is 0 Å². The first-order chi connectivity index (χ1) is 3.72. The summed E-state index contributed by atoms with van der Waals surface area (Å²) in [4.78, 5) is 9.87. The lowest BCUT2D eigenvalue weighted by atomic mass is 10.2. The van der Waals surface area contributed by atoms with Crippen LogP contribution in [0.4, 0.5) is 0 Å². The highest BCUT2D eigenvalue weighted by molar-refractivity contribution is 4.62. The fourth-order valence-corrected chi connectivity index (χ4v) is 0.508. The van der Waals surface area contributed by atoms with Crippen LogP contribution in [0.25, 0.3) is 0 Å². The van der Waals surface area contributed by atoms with Gasteiger partial charge in [0.2, 0.25) is 0 Å². The zero-order chi connectivity index (χ0) is 6.57. The van der Waals surface area contributed by atoms with Crippen LogP contribution in [-0.4, -0.2) is 13.2 Å². The van der Waals surface area contributed by atoms with Crippen LogP contribution in [-0.2, 0) is 0 Å². The van der Waals surface area contributed by atoms with Gasteiger partial charge in [0, 0.05) is 0 Å². The summed E-state index contributed by atoms with van der Waals surface area (Å²) in [6, 6.07) is 0. The fourth-order valence-electron chi connectivity index (χ4n) is 0.508. The van der Waals surface area contributed by atoms with Crippen LogP contribution in [0.2, 0.25) is 0 Å². The van der Waals surface area contributed by atoms with E-state index in [1.165, 1.54) is 0 Å². The summed E-state index contributed by atoms with van der Waals surface area (Å²) in [6.45, 7) is 3.89. The molecule has 0 aromatic rings. The minimum absolute atomic E-state index is 0.227. The van der Waals surface area contributed by atoms with E-state index >= 15 is 0 Å². The van der Waals surface area contributed by atoms with Crippen molar-refractivity contribution in [1.29, 1.82) is 0 Å². The highest BCUT2D eigenvalue weighted by Gasteiger charge is 2.08. The van der Waals surface area contributed by atoms with Crippen molar-refractivity contribution in [3.05, 3.63) is 4.91 Å². The van der Waals surface area contributed by atoms with E-state index in [9.17, 15) is 4.91 Å². The van der Waals surface area contributed by atoms with Crippen LogP contribution in [0.5, 0.6) is 0 Å². The van der Waals surface area contributed by atoms with Crippen LogP contribution in [0.1, 0.15) is 13.8 Å². The Bertz CT molecular complexity index is 72.8. The van der Waals surface area contributed by atoms with Gasteiger partial charge in [0.15, 0.2) is 0 Å². The van der Waals surface area contributed by atoms with Crippen molar-refractivity contribution in [1.82, 2.24) is 5.32 Å². The van der Waals surface area contributed by atoms with Gasteiger partial charge in [0.05, 0.1) is 0 Å². The molecule has 3 heteroatoms. The van der Waals surface area contributed by atoms with Gasteiger partial charge in [-0.15, -0.1) is 4.91 Å². The van der Waals surface area contributed by atoms with Gasteiger partial charge in [-0.2, -0.15) is 0 Å². The molecule has 0 unspecified atom stereocenters. The van der Waals surface area contributed by atoms with E-state index in [1.54, 1.807) is 7.05 Å². The average molecular weight is 116 g/mol. The number of rotatable bonds is 3. The largest absolute Gasteiger partial charge is 0.296 e. The van der Waals surface area contributed by atoms with Gasteiger partial charge in [-0.3, -0.25) is 5.32 Å². The summed E-state index contributed by atoms with van der Waals surface area (Å²) in [5.74, 6) is 0.289. The van der Waals surface area contributed by atoms with Gasteiger partial charge in [0.1, 0.15) is 6.17 Å². The van der Waals surface area contributed by atoms with E-state index in [0.29, 0.717) is 0 Å². The molecule has 0 bridgehead atoms. The van der Waals surface area contributed by atoms with Gasteiger partial charge in [0.25, 0.3) is 0 Å². The fraction of sp³-hybridized carbons (Fsp3) is 1.00. The van der Waals surface area contributed by atoms with E-state index in [-0.39, 0.29) is 12.1 Å². The molecule has 1 N–H and O–H groups in total. The molecule has 0 aliphatic carbocycles. The third-order valence-corrected chi connectivity index (χ3v) is 1.04. The molecular weight excluding hydrogens is 104 g/mol. The number of hydrogen-bond acceptors (Lipinski definition) is 3. The lowest BCUT2D eigenvalue weighted by Gasteiger charge is -2.09. The zero-order valence-corrected chi connectivity index (χ0v) is 5.51. The van der Waals surface area contributed by atoms with Crippen LogP contribution in [0.3, 0.4) is 0 Å². The molecular formula is C5H12N2O. The van der Waals surface area contributed by atoms with E-state index in [4.69, 9.17) is 0 Å². The Morgan fingerprint density at radius 1 is 1.50 bits per heavy atom. The molecule has 48 valence electrons. The lowest BCUT2D eigenvalue weighted by molar-refractivity contribution is 0.440. The summed E-state index contributed by atoms with van der Waals surface area (Å²) in [6.07, 6.45) is -0.227. The summed E-state index contributed by atoms with van der Waals surface area (Å²) >= 11 is 0. The molecule has 0 radical (unpaired) electrons. The maximum atomic E-state index is 9.87. The molecule has 0 fully saturated rings. The number of nitrogens with one attached hydrogen (secondary N) is 1. The Morgan fingerprint density at radius 3 is 2.00 bits per heavy atom. The highest BCUT2D eigenvalue weighted by atomic mass is 16.3. The second-order valence-corrected chi connectivity index (χ2v) is 2.08. The molecule has 1 atom stereocenters. The summed E-state index contributed by atoms with van der Waals surface area (Å²) in [5.41, 5.74) is 0. The van der Waals surface area contributed by atoms with Crippen molar-refractivity contribution in [2.24, 2.45) is 11.1 Å². The van der Waals surface area contributed by atoms with Crippen LogP contribution >= 0.6 is 0 Å². The number of nitrogens with zero attached hydrogens (tertiary/aromatic N) is 1. The van der Waals surface area contributed by atoms with Gasteiger partial charge in [-0.25, -0.2) is 0 Å². The van der Waals surface area contributed by atoms with Crippen LogP contribution in [0, 0.1) is 10.8 Å². The first-order valence-corrected chi connectivity index (χ1v) is 2.72. The predicted octanol–water partition coefficient (Wildman–Crippen LogP) is 0.954. The van der Waals surface area contributed by atoms with Gasteiger partial charge >= 0.3 is 0 Å². The smallest absolute Gasteiger partial charge is 0.144 e. The third kappa shape index (κ3) is 2.02. The summed E-state index contributed by atoms with van der Waals surface area (Å²) in [5, 5.41) is 5.62. The van der Waals surface area contributed by atoms with Gasteiger partial charge in [-0.1, -0.05) is 19.0 Å². The normalized spacial score (nSPS) is 14.0.